The van der Waals surface area contributed by atoms with Crippen molar-refractivity contribution in [3.05, 3.63) is 27.0 Å². The number of aryl methyl sites for hydroxylation is 4. The first-order valence-electron chi connectivity index (χ1n) is 7.21. The van der Waals surface area contributed by atoms with Gasteiger partial charge in [0.2, 0.25) is 0 Å². The Morgan fingerprint density at radius 2 is 1.91 bits per heavy atom. The van der Waals surface area contributed by atoms with Gasteiger partial charge in [-0.05, 0) is 33.6 Å². The zero-order chi connectivity index (χ0) is 17.4. The molecule has 23 heavy (non-hydrogen) atoms. The summed E-state index contributed by atoms with van der Waals surface area (Å²) in [5.41, 5.74) is 1.39. The molecule has 0 aliphatic rings. The monoisotopic (exact) mass is 356 g/mol. The highest BCUT2D eigenvalue weighted by Gasteiger charge is 2.27. The molecule has 7 nitrogen and oxygen atoms in total. The molecule has 0 aliphatic heterocycles. The van der Waals surface area contributed by atoms with E-state index in [1.165, 1.54) is 16.0 Å². The maximum absolute atomic E-state index is 12.5. The van der Waals surface area contributed by atoms with E-state index in [-0.39, 0.29) is 4.90 Å². The normalized spacial score (nSPS) is 11.7. The lowest BCUT2D eigenvalue weighted by Crippen LogP contribution is -2.31. The second-order valence-electron chi connectivity index (χ2n) is 5.33. The van der Waals surface area contributed by atoms with Gasteiger partial charge in [0.25, 0.3) is 15.9 Å². The Labute approximate surface area is 139 Å². The number of aromatic nitrogens is 3. The van der Waals surface area contributed by atoms with Crippen LogP contribution in [0.3, 0.4) is 0 Å². The average molecular weight is 356 g/mol. The molecule has 0 spiro atoms. The molecule has 0 aromatic carbocycles. The van der Waals surface area contributed by atoms with Crippen LogP contribution in [0.25, 0.3) is 0 Å². The molecule has 1 amide bonds. The third-order valence-electron chi connectivity index (χ3n) is 3.45. The zero-order valence-corrected chi connectivity index (χ0v) is 15.4. The minimum absolute atomic E-state index is 0.0456. The predicted molar refractivity (Wildman–Crippen MR) is 88.2 cm³/mol. The second-order valence-corrected chi connectivity index (χ2v) is 8.03. The lowest BCUT2D eigenvalue weighted by atomic mass is 10.3. The molecule has 0 aliphatic carbocycles. The van der Waals surface area contributed by atoms with Crippen molar-refractivity contribution >= 4 is 27.3 Å². The summed E-state index contributed by atoms with van der Waals surface area (Å²) >= 11 is 1.23. The van der Waals surface area contributed by atoms with Crippen LogP contribution in [0.2, 0.25) is 0 Å². The maximum Gasteiger partial charge on any atom is 0.277 e. The molecular weight excluding hydrogens is 336 g/mol. The molecule has 2 aromatic heterocycles. The molecule has 0 unspecified atom stereocenters. The largest absolute Gasteiger partial charge is 0.277 e. The van der Waals surface area contributed by atoms with Gasteiger partial charge in [0.1, 0.15) is 9.77 Å². The Morgan fingerprint density at radius 1 is 1.26 bits per heavy atom. The number of sulfonamides is 1. The number of hydrogen-bond donors (Lipinski definition) is 1. The molecule has 0 saturated carbocycles. The van der Waals surface area contributed by atoms with Crippen molar-refractivity contribution in [2.45, 2.75) is 45.4 Å². The second kappa shape index (κ2) is 6.40. The molecule has 0 saturated heterocycles. The highest BCUT2D eigenvalue weighted by Crippen LogP contribution is 2.22. The molecule has 0 radical (unpaired) electrons. The van der Waals surface area contributed by atoms with Crippen molar-refractivity contribution in [1.29, 1.82) is 0 Å². The van der Waals surface area contributed by atoms with Crippen molar-refractivity contribution in [2.24, 2.45) is 7.05 Å². The Balaban J connectivity index is 2.32. The molecule has 9 heteroatoms. The summed E-state index contributed by atoms with van der Waals surface area (Å²) in [5, 5.41) is 4.91. The van der Waals surface area contributed by atoms with Gasteiger partial charge < -0.3 is 0 Å². The van der Waals surface area contributed by atoms with Crippen LogP contribution in [0.4, 0.5) is 0 Å². The van der Waals surface area contributed by atoms with Gasteiger partial charge in [-0.2, -0.15) is 5.10 Å². The first-order valence-corrected chi connectivity index (χ1v) is 9.51. The van der Waals surface area contributed by atoms with E-state index >= 15 is 0 Å². The standard InChI is InChI=1S/C14H20N4O3S2/c1-6-7-11-15-8(2)12(22-11)14(19)17-23(20,21)13-9(3)16-18(5)10(13)4/h6-7H2,1-5H3,(H,17,19). The molecule has 0 atom stereocenters. The number of nitrogens with zero attached hydrogens (tertiary/aromatic N) is 3. The number of thiazole rings is 1. The molecule has 2 heterocycles. The number of carbonyl (C=O) groups excluding carboxylic acids is 1. The fourth-order valence-corrected chi connectivity index (χ4v) is 4.87. The topological polar surface area (TPSA) is 93.9 Å². The Kier molecular flexibility index (Phi) is 4.90. The SMILES string of the molecule is CCCc1nc(C)c(C(=O)NS(=O)(=O)c2c(C)nn(C)c2C)s1. The van der Waals surface area contributed by atoms with Crippen LogP contribution >= 0.6 is 11.3 Å². The van der Waals surface area contributed by atoms with E-state index in [9.17, 15) is 13.2 Å². The summed E-state index contributed by atoms with van der Waals surface area (Å²) in [4.78, 5) is 17.0. The number of nitrogens with one attached hydrogen (secondary N) is 1. The minimum Gasteiger partial charge on any atom is -0.271 e. The first kappa shape index (κ1) is 17.6. The molecule has 126 valence electrons. The van der Waals surface area contributed by atoms with Crippen molar-refractivity contribution in [3.8, 4) is 0 Å². The van der Waals surface area contributed by atoms with Crippen molar-refractivity contribution in [3.63, 3.8) is 0 Å². The third kappa shape index (κ3) is 3.45. The van der Waals surface area contributed by atoms with Gasteiger partial charge in [-0.1, -0.05) is 6.92 Å². The van der Waals surface area contributed by atoms with Crippen molar-refractivity contribution in [2.75, 3.05) is 0 Å². The molecule has 0 fully saturated rings. The van der Waals surface area contributed by atoms with E-state index in [1.807, 2.05) is 6.92 Å². The van der Waals surface area contributed by atoms with Gasteiger partial charge in [-0.15, -0.1) is 11.3 Å². The lowest BCUT2D eigenvalue weighted by molar-refractivity contribution is 0.0984. The van der Waals surface area contributed by atoms with E-state index < -0.39 is 15.9 Å². The van der Waals surface area contributed by atoms with Gasteiger partial charge in [0.15, 0.2) is 0 Å². The van der Waals surface area contributed by atoms with Crippen LogP contribution in [-0.2, 0) is 23.5 Å². The molecule has 2 rings (SSSR count). The fourth-order valence-electron chi connectivity index (χ4n) is 2.35. The number of amides is 1. The molecule has 1 N–H and O–H groups in total. The number of rotatable bonds is 5. The van der Waals surface area contributed by atoms with Crippen molar-refractivity contribution < 1.29 is 13.2 Å². The first-order chi connectivity index (χ1) is 10.7. The minimum atomic E-state index is -3.97. The summed E-state index contributed by atoms with van der Waals surface area (Å²) < 4.78 is 28.6. The maximum atomic E-state index is 12.5. The molecule has 0 bridgehead atoms. The zero-order valence-electron chi connectivity index (χ0n) is 13.8. The van der Waals surface area contributed by atoms with Gasteiger partial charge in [0.05, 0.1) is 22.1 Å². The Morgan fingerprint density at radius 3 is 2.43 bits per heavy atom. The average Bonchev–Trinajstić information content (AvgIpc) is 2.90. The summed E-state index contributed by atoms with van der Waals surface area (Å²) in [5.74, 6) is -0.648. The van der Waals surface area contributed by atoms with Crippen LogP contribution in [0.1, 0.15) is 45.1 Å². The smallest absolute Gasteiger partial charge is 0.271 e. The van der Waals surface area contributed by atoms with E-state index in [2.05, 4.69) is 14.8 Å². The van der Waals surface area contributed by atoms with Crippen molar-refractivity contribution in [1.82, 2.24) is 19.5 Å². The molecular formula is C14H20N4O3S2. The number of carbonyl (C=O) groups is 1. The van der Waals surface area contributed by atoms with E-state index in [0.717, 1.165) is 17.8 Å². The highest BCUT2D eigenvalue weighted by molar-refractivity contribution is 7.90. The molecule has 2 aromatic rings. The van der Waals surface area contributed by atoms with Gasteiger partial charge >= 0.3 is 0 Å². The predicted octanol–water partition coefficient (Wildman–Crippen LogP) is 1.87. The fraction of sp³-hybridized carbons (Fsp3) is 0.500. The lowest BCUT2D eigenvalue weighted by Gasteiger charge is -2.06. The van der Waals surface area contributed by atoms with Gasteiger partial charge in [-0.25, -0.2) is 18.1 Å². The Hall–Kier alpha value is -1.74. The quantitative estimate of drug-likeness (QED) is 0.883. The van der Waals surface area contributed by atoms with Gasteiger partial charge in [0, 0.05) is 7.05 Å². The van der Waals surface area contributed by atoms with Gasteiger partial charge in [-0.3, -0.25) is 9.48 Å². The number of hydrogen-bond acceptors (Lipinski definition) is 6. The highest BCUT2D eigenvalue weighted by atomic mass is 32.2. The summed E-state index contributed by atoms with van der Waals surface area (Å²) in [6.07, 6.45) is 1.69. The van der Waals surface area contributed by atoms with E-state index in [0.29, 0.717) is 22.0 Å². The van der Waals surface area contributed by atoms with Crippen LogP contribution in [-0.4, -0.2) is 29.1 Å². The van der Waals surface area contributed by atoms with Crippen LogP contribution in [0, 0.1) is 20.8 Å². The van der Waals surface area contributed by atoms with Crippen LogP contribution in [0.5, 0.6) is 0 Å². The van der Waals surface area contributed by atoms with E-state index in [4.69, 9.17) is 0 Å². The van der Waals surface area contributed by atoms with Crippen LogP contribution in [0.15, 0.2) is 4.90 Å². The van der Waals surface area contributed by atoms with Crippen LogP contribution < -0.4 is 4.72 Å². The van der Waals surface area contributed by atoms with E-state index in [1.54, 1.807) is 27.8 Å². The summed E-state index contributed by atoms with van der Waals surface area (Å²) in [6, 6.07) is 0. The summed E-state index contributed by atoms with van der Waals surface area (Å²) in [7, 11) is -2.31. The summed E-state index contributed by atoms with van der Waals surface area (Å²) in [6.45, 7) is 6.98. The Bertz CT molecular complexity index is 850. The third-order valence-corrected chi connectivity index (χ3v) is 6.25.